The van der Waals surface area contributed by atoms with Crippen LogP contribution in [-0.4, -0.2) is 30.7 Å². The van der Waals surface area contributed by atoms with Crippen LogP contribution in [0.2, 0.25) is 0 Å². The zero-order chi connectivity index (χ0) is 21.4. The van der Waals surface area contributed by atoms with E-state index in [-0.39, 0.29) is 12.8 Å². The zero-order valence-electron chi connectivity index (χ0n) is 17.7. The second-order valence-electron chi connectivity index (χ2n) is 9.03. The summed E-state index contributed by atoms with van der Waals surface area (Å²) in [6.07, 6.45) is 1.39. The van der Waals surface area contributed by atoms with Crippen molar-refractivity contribution >= 4 is 5.97 Å². The van der Waals surface area contributed by atoms with Crippen LogP contribution in [0.3, 0.4) is 0 Å². The molecule has 0 aromatic rings. The number of carbonyl (C=O) groups is 1. The fourth-order valence-corrected chi connectivity index (χ4v) is 4.83. The number of rotatable bonds is 9. The van der Waals surface area contributed by atoms with Gasteiger partial charge in [0.15, 0.2) is 0 Å². The monoisotopic (exact) mass is 424 g/mol. The zero-order valence-corrected chi connectivity index (χ0v) is 17.7. The van der Waals surface area contributed by atoms with Crippen LogP contribution < -0.4 is 0 Å². The lowest BCUT2D eigenvalue weighted by molar-refractivity contribution is -0.346. The molecule has 7 heteroatoms. The van der Waals surface area contributed by atoms with Gasteiger partial charge in [-0.2, -0.15) is 0 Å². The number of ether oxygens (including phenoxy) is 2. The van der Waals surface area contributed by atoms with Crippen molar-refractivity contribution < 1.29 is 31.8 Å². The Labute approximate surface area is 171 Å². The second kappa shape index (κ2) is 11.5. The van der Waals surface area contributed by atoms with Crippen LogP contribution in [0.25, 0.3) is 0 Å². The van der Waals surface area contributed by atoms with Crippen LogP contribution in [0.5, 0.6) is 0 Å². The average Bonchev–Trinajstić information content (AvgIpc) is 2.62. The summed E-state index contributed by atoms with van der Waals surface area (Å²) >= 11 is 0. The maximum Gasteiger partial charge on any atom is 0.522 e. The number of halogens is 4. The summed E-state index contributed by atoms with van der Waals surface area (Å²) in [4.78, 5) is 12.4. The molecule has 0 saturated heterocycles. The van der Waals surface area contributed by atoms with E-state index in [2.05, 4.69) is 18.6 Å². The van der Waals surface area contributed by atoms with Crippen molar-refractivity contribution in [2.75, 3.05) is 0 Å². The van der Waals surface area contributed by atoms with Crippen molar-refractivity contribution in [3.8, 4) is 0 Å². The van der Waals surface area contributed by atoms with Gasteiger partial charge in [0.1, 0.15) is 12.3 Å². The molecular formula is C22H36F4O3. The molecule has 2 saturated carbocycles. The highest BCUT2D eigenvalue weighted by Gasteiger charge is 2.39. The summed E-state index contributed by atoms with van der Waals surface area (Å²) in [5, 5.41) is 0. The Balaban J connectivity index is 1.67. The van der Waals surface area contributed by atoms with Gasteiger partial charge in [0.25, 0.3) is 0 Å². The Kier molecular flexibility index (Phi) is 9.70. The van der Waals surface area contributed by atoms with Gasteiger partial charge in [-0.25, -0.2) is 4.39 Å². The quantitative estimate of drug-likeness (QED) is 0.304. The van der Waals surface area contributed by atoms with E-state index in [0.29, 0.717) is 37.5 Å². The van der Waals surface area contributed by atoms with Gasteiger partial charge in [-0.15, -0.1) is 13.2 Å². The smallest absolute Gasteiger partial charge is 0.462 e. The first-order valence-corrected chi connectivity index (χ1v) is 11.3. The third-order valence-electron chi connectivity index (χ3n) is 6.48. The molecule has 2 aliphatic carbocycles. The molecule has 2 aliphatic rings. The predicted octanol–water partition coefficient (Wildman–Crippen LogP) is 6.74. The fourth-order valence-electron chi connectivity index (χ4n) is 4.83. The molecule has 4 atom stereocenters. The maximum atomic E-state index is 14.6. The molecule has 0 amide bonds. The molecule has 3 nitrogen and oxygen atoms in total. The number of esters is 1. The molecule has 0 aromatic heterocycles. The number of carbonyl (C=O) groups excluding carboxylic acids is 1. The molecule has 0 bridgehead atoms. The number of hydrogen-bond acceptors (Lipinski definition) is 3. The third kappa shape index (κ3) is 8.81. The SMILES string of the molecule is CCCC(C)CCCC1CCC(C(=O)OC2CCC(OC(F)(F)F)CC2)C(F)C1. The maximum absolute atomic E-state index is 14.6. The molecule has 2 fully saturated rings. The highest BCUT2D eigenvalue weighted by atomic mass is 19.4. The van der Waals surface area contributed by atoms with Crippen LogP contribution in [0, 0.1) is 17.8 Å². The van der Waals surface area contributed by atoms with Crippen molar-refractivity contribution in [3.05, 3.63) is 0 Å². The minimum absolute atomic E-state index is 0.194. The van der Waals surface area contributed by atoms with E-state index in [4.69, 9.17) is 4.74 Å². The summed E-state index contributed by atoms with van der Waals surface area (Å²) in [5.74, 6) is -0.205. The normalized spacial score (nSPS) is 32.0. The molecule has 0 radical (unpaired) electrons. The summed E-state index contributed by atoms with van der Waals surface area (Å²) < 4.78 is 60.9. The molecule has 2 rings (SSSR count). The molecule has 170 valence electrons. The minimum Gasteiger partial charge on any atom is -0.462 e. The number of hydrogen-bond donors (Lipinski definition) is 0. The lowest BCUT2D eigenvalue weighted by atomic mass is 9.78. The van der Waals surface area contributed by atoms with E-state index in [1.54, 1.807) is 0 Å². The molecule has 0 aliphatic heterocycles. The van der Waals surface area contributed by atoms with Crippen molar-refractivity contribution in [3.63, 3.8) is 0 Å². The van der Waals surface area contributed by atoms with E-state index >= 15 is 0 Å². The van der Waals surface area contributed by atoms with E-state index in [0.717, 1.165) is 19.3 Å². The summed E-state index contributed by atoms with van der Waals surface area (Å²) in [6, 6.07) is 0. The van der Waals surface area contributed by atoms with Gasteiger partial charge in [0.05, 0.1) is 12.0 Å². The van der Waals surface area contributed by atoms with Crippen LogP contribution in [-0.2, 0) is 14.3 Å². The summed E-state index contributed by atoms with van der Waals surface area (Å²) in [6.45, 7) is 4.45. The minimum atomic E-state index is -4.64. The van der Waals surface area contributed by atoms with E-state index in [1.165, 1.54) is 19.3 Å². The van der Waals surface area contributed by atoms with Gasteiger partial charge in [0, 0.05) is 0 Å². The first kappa shape index (κ1) is 24.4. The van der Waals surface area contributed by atoms with Crippen LogP contribution in [0.1, 0.15) is 90.9 Å². The van der Waals surface area contributed by atoms with Crippen molar-refractivity contribution in [2.45, 2.75) is 116 Å². The molecule has 4 unspecified atom stereocenters. The largest absolute Gasteiger partial charge is 0.522 e. The highest BCUT2D eigenvalue weighted by Crippen LogP contribution is 2.36. The Morgan fingerprint density at radius 1 is 1.03 bits per heavy atom. The van der Waals surface area contributed by atoms with Crippen LogP contribution in [0.15, 0.2) is 0 Å². The van der Waals surface area contributed by atoms with Crippen molar-refractivity contribution in [2.24, 2.45) is 17.8 Å². The molecule has 0 N–H and O–H groups in total. The standard InChI is InChI=1S/C22H36F4O3/c1-3-5-15(2)6-4-7-16-8-13-19(20(23)14-16)21(27)28-17-9-11-18(12-10-17)29-22(24,25)26/h15-20H,3-14H2,1-2H3. The lowest BCUT2D eigenvalue weighted by Gasteiger charge is -2.33. The first-order valence-electron chi connectivity index (χ1n) is 11.3. The Morgan fingerprint density at radius 2 is 1.69 bits per heavy atom. The van der Waals surface area contributed by atoms with Gasteiger partial charge in [-0.3, -0.25) is 9.53 Å². The first-order chi connectivity index (χ1) is 13.7. The number of alkyl halides is 4. The van der Waals surface area contributed by atoms with Crippen LogP contribution >= 0.6 is 0 Å². The Morgan fingerprint density at radius 3 is 2.28 bits per heavy atom. The van der Waals surface area contributed by atoms with Crippen molar-refractivity contribution in [1.82, 2.24) is 0 Å². The van der Waals surface area contributed by atoms with Gasteiger partial charge >= 0.3 is 12.3 Å². The molecule has 0 aromatic carbocycles. The van der Waals surface area contributed by atoms with E-state index in [1.807, 2.05) is 0 Å². The highest BCUT2D eigenvalue weighted by molar-refractivity contribution is 5.73. The van der Waals surface area contributed by atoms with E-state index in [9.17, 15) is 22.4 Å². The van der Waals surface area contributed by atoms with Gasteiger partial charge < -0.3 is 4.74 Å². The predicted molar refractivity (Wildman–Crippen MR) is 103 cm³/mol. The van der Waals surface area contributed by atoms with Gasteiger partial charge in [-0.05, 0) is 56.8 Å². The fraction of sp³-hybridized carbons (Fsp3) is 0.955. The second-order valence-corrected chi connectivity index (χ2v) is 9.03. The molecule has 0 spiro atoms. The molecule has 0 heterocycles. The Hall–Kier alpha value is -0.850. The summed E-state index contributed by atoms with van der Waals surface area (Å²) in [7, 11) is 0. The van der Waals surface area contributed by atoms with Crippen molar-refractivity contribution in [1.29, 1.82) is 0 Å². The lowest BCUT2D eigenvalue weighted by Crippen LogP contribution is -2.37. The van der Waals surface area contributed by atoms with Gasteiger partial charge in [0.2, 0.25) is 0 Å². The van der Waals surface area contributed by atoms with Crippen LogP contribution in [0.4, 0.5) is 17.6 Å². The molecular weight excluding hydrogens is 388 g/mol. The molecule has 29 heavy (non-hydrogen) atoms. The third-order valence-corrected chi connectivity index (χ3v) is 6.48. The van der Waals surface area contributed by atoms with E-state index < -0.39 is 36.6 Å². The Bertz CT molecular complexity index is 489. The average molecular weight is 425 g/mol. The van der Waals surface area contributed by atoms with Gasteiger partial charge in [-0.1, -0.05) is 46.0 Å². The topological polar surface area (TPSA) is 35.5 Å². The summed E-state index contributed by atoms with van der Waals surface area (Å²) in [5.41, 5.74) is 0.